The lowest BCUT2D eigenvalue weighted by Crippen LogP contribution is -2.71. The summed E-state index contributed by atoms with van der Waals surface area (Å²) in [5.74, 6) is 0. The van der Waals surface area contributed by atoms with Crippen molar-refractivity contribution >= 4 is 72.3 Å². The fourth-order valence-corrected chi connectivity index (χ4v) is 25.6. The van der Waals surface area contributed by atoms with E-state index < -0.39 is 14.7 Å². The van der Waals surface area contributed by atoms with E-state index in [1.807, 2.05) is 0 Å². The third kappa shape index (κ3) is 2.97. The molecule has 1 saturated heterocycles. The van der Waals surface area contributed by atoms with Crippen LogP contribution in [0.15, 0.2) is 78.9 Å². The summed E-state index contributed by atoms with van der Waals surface area (Å²) >= 11 is 0. The molecule has 1 nitrogen and oxygen atoms in total. The highest BCUT2D eigenvalue weighted by Gasteiger charge is 2.49. The van der Waals surface area contributed by atoms with Crippen molar-refractivity contribution in [2.75, 3.05) is 6.61 Å². The van der Waals surface area contributed by atoms with Gasteiger partial charge in [0.05, 0.1) is 14.7 Å². The molecule has 1 atom stereocenters. The Morgan fingerprint density at radius 1 is 0.645 bits per heavy atom. The molecule has 31 heavy (non-hydrogen) atoms. The summed E-state index contributed by atoms with van der Waals surface area (Å²) in [4.78, 5) is 0. The predicted octanol–water partition coefficient (Wildman–Crippen LogP) is 5.98. The van der Waals surface area contributed by atoms with Gasteiger partial charge < -0.3 is 4.43 Å². The van der Waals surface area contributed by atoms with Crippen molar-refractivity contribution in [3.05, 3.63) is 78.9 Å². The van der Waals surface area contributed by atoms with E-state index in [9.17, 15) is 0 Å². The van der Waals surface area contributed by atoms with Gasteiger partial charge in [-0.05, 0) is 85.5 Å². The summed E-state index contributed by atoms with van der Waals surface area (Å²) < 4.78 is 6.10. The van der Waals surface area contributed by atoms with E-state index in [4.69, 9.17) is 4.43 Å². The average Bonchev–Trinajstić information content (AvgIpc) is 2.76. The number of hydrogen-bond donors (Lipinski definition) is 0. The van der Waals surface area contributed by atoms with Crippen LogP contribution in [-0.4, -0.2) is 30.6 Å². The van der Waals surface area contributed by atoms with Gasteiger partial charge in [-0.3, -0.25) is 0 Å². The van der Waals surface area contributed by atoms with Gasteiger partial charge in [-0.15, -0.1) is 0 Å². The lowest BCUT2D eigenvalue weighted by molar-refractivity contribution is 0.364. The smallest absolute Gasteiger partial charge is 0.148 e. The number of rotatable bonds is 1. The molecule has 4 heteroatoms. The molecular weight excluding hydrogens is 425 g/mol. The van der Waals surface area contributed by atoms with Crippen LogP contribution in [-0.2, 0) is 4.43 Å². The fourth-order valence-electron chi connectivity index (χ4n) is 5.55. The van der Waals surface area contributed by atoms with Gasteiger partial charge in [0.1, 0.15) is 9.28 Å². The van der Waals surface area contributed by atoms with Gasteiger partial charge in [-0.25, -0.2) is 0 Å². The molecule has 1 heterocycles. The molecule has 5 aromatic rings. The molecule has 1 aliphatic heterocycles. The van der Waals surface area contributed by atoms with Crippen LogP contribution in [0.25, 0.3) is 43.1 Å². The standard InChI is InChI=1S/C27H28OSi3/c1-30(2)29-28-11-12-31(30,3)27-10-6-9-21-15-24-16-22-13-19-7-4-5-8-20(19)14-23(22)17-25(24)18-26(21)27/h4-10,13-18H,11-12,29H2,1-3H3. The maximum atomic E-state index is 6.10. The molecule has 5 aromatic carbocycles. The summed E-state index contributed by atoms with van der Waals surface area (Å²) in [5.41, 5.74) is 0. The number of benzene rings is 5. The molecule has 0 amide bonds. The summed E-state index contributed by atoms with van der Waals surface area (Å²) in [5, 5.41) is 12.6. The predicted molar refractivity (Wildman–Crippen MR) is 145 cm³/mol. The Bertz CT molecular complexity index is 1490. The van der Waals surface area contributed by atoms with Crippen molar-refractivity contribution in [2.45, 2.75) is 25.7 Å². The van der Waals surface area contributed by atoms with E-state index in [1.165, 1.54) is 49.1 Å². The third-order valence-corrected chi connectivity index (χ3v) is 36.6. The van der Waals surface area contributed by atoms with Crippen LogP contribution >= 0.6 is 0 Å². The van der Waals surface area contributed by atoms with Crippen molar-refractivity contribution in [3.63, 3.8) is 0 Å². The lowest BCUT2D eigenvalue weighted by atomic mass is 9.97. The molecule has 0 spiro atoms. The van der Waals surface area contributed by atoms with Crippen molar-refractivity contribution in [3.8, 4) is 0 Å². The zero-order valence-corrected chi connectivity index (χ0v) is 21.9. The highest BCUT2D eigenvalue weighted by atomic mass is 29.6. The quantitative estimate of drug-likeness (QED) is 0.224. The van der Waals surface area contributed by atoms with Crippen LogP contribution in [0.5, 0.6) is 0 Å². The van der Waals surface area contributed by atoms with Crippen LogP contribution in [0, 0.1) is 0 Å². The molecular formula is C27H28OSi3. The summed E-state index contributed by atoms with van der Waals surface area (Å²) in [6.45, 7) is 8.89. The second-order valence-corrected chi connectivity index (χ2v) is 34.0. The Hall–Kier alpha value is -2.25. The highest BCUT2D eigenvalue weighted by molar-refractivity contribution is 7.63. The summed E-state index contributed by atoms with van der Waals surface area (Å²) in [6.07, 6.45) is 0. The van der Waals surface area contributed by atoms with Crippen molar-refractivity contribution in [1.82, 2.24) is 0 Å². The first-order chi connectivity index (χ1) is 14.9. The maximum Gasteiger partial charge on any atom is 0.148 e. The minimum absolute atomic E-state index is 0.366. The second-order valence-electron chi connectivity index (χ2n) is 10.1. The molecule has 1 aliphatic rings. The fraction of sp³-hybridized carbons (Fsp3) is 0.185. The molecule has 0 radical (unpaired) electrons. The average molecular weight is 453 g/mol. The van der Waals surface area contributed by atoms with E-state index >= 15 is 0 Å². The Morgan fingerprint density at radius 2 is 1.19 bits per heavy atom. The zero-order valence-electron chi connectivity index (χ0n) is 18.5. The molecule has 1 unspecified atom stereocenters. The Morgan fingerprint density at radius 3 is 1.84 bits per heavy atom. The van der Waals surface area contributed by atoms with E-state index in [0.717, 1.165) is 6.61 Å². The minimum Gasteiger partial charge on any atom is -0.428 e. The maximum absolute atomic E-state index is 6.10. The zero-order chi connectivity index (χ0) is 21.2. The van der Waals surface area contributed by atoms with Crippen LogP contribution in [0.2, 0.25) is 25.7 Å². The topological polar surface area (TPSA) is 9.23 Å². The van der Waals surface area contributed by atoms with Crippen LogP contribution in [0.1, 0.15) is 0 Å². The first kappa shape index (κ1) is 19.4. The molecule has 0 N–H and O–H groups in total. The van der Waals surface area contributed by atoms with Gasteiger partial charge in [-0.1, -0.05) is 67.3 Å². The number of hydrogen-bond acceptors (Lipinski definition) is 1. The monoisotopic (exact) mass is 452 g/mol. The van der Waals surface area contributed by atoms with Crippen molar-refractivity contribution in [1.29, 1.82) is 0 Å². The van der Waals surface area contributed by atoms with Gasteiger partial charge in [-0.2, -0.15) is 0 Å². The molecule has 0 aliphatic carbocycles. The largest absolute Gasteiger partial charge is 0.428 e. The van der Waals surface area contributed by atoms with E-state index in [0.29, 0.717) is 0 Å². The van der Waals surface area contributed by atoms with Crippen LogP contribution in [0.3, 0.4) is 0 Å². The first-order valence-electron chi connectivity index (χ1n) is 11.3. The molecule has 1 fully saturated rings. The van der Waals surface area contributed by atoms with E-state index in [2.05, 4.69) is 98.5 Å². The van der Waals surface area contributed by atoms with Gasteiger partial charge in [0.15, 0.2) is 0 Å². The lowest BCUT2D eigenvalue weighted by Gasteiger charge is -2.45. The van der Waals surface area contributed by atoms with Gasteiger partial charge in [0.25, 0.3) is 0 Å². The Balaban J connectivity index is 1.63. The summed E-state index contributed by atoms with van der Waals surface area (Å²) in [6, 6.07) is 31.4. The molecule has 0 saturated carbocycles. The van der Waals surface area contributed by atoms with Crippen molar-refractivity contribution in [2.24, 2.45) is 0 Å². The Labute approximate surface area is 187 Å². The van der Waals surface area contributed by atoms with E-state index in [-0.39, 0.29) is 9.28 Å². The molecule has 0 bridgehead atoms. The van der Waals surface area contributed by atoms with Gasteiger partial charge in [0.2, 0.25) is 0 Å². The third-order valence-electron chi connectivity index (χ3n) is 7.95. The minimum atomic E-state index is -1.51. The van der Waals surface area contributed by atoms with E-state index in [1.54, 1.807) is 5.19 Å². The van der Waals surface area contributed by atoms with Crippen LogP contribution in [0.4, 0.5) is 0 Å². The molecule has 154 valence electrons. The first-order valence-corrected chi connectivity index (χ1v) is 20.9. The second kappa shape index (κ2) is 6.87. The van der Waals surface area contributed by atoms with Crippen molar-refractivity contribution < 1.29 is 4.43 Å². The summed E-state index contributed by atoms with van der Waals surface area (Å²) in [7, 11) is -3.16. The Kier molecular flexibility index (Phi) is 4.31. The van der Waals surface area contributed by atoms with Gasteiger partial charge >= 0.3 is 0 Å². The van der Waals surface area contributed by atoms with Crippen LogP contribution < -0.4 is 5.19 Å². The SMILES string of the molecule is C[Si]1(C)[SiH2]OCC[Si]1(C)c1cccc2cc3cc4cc5ccccc5cc4cc3cc12. The molecule has 6 rings (SSSR count). The normalized spacial score (nSPS) is 22.0. The highest BCUT2D eigenvalue weighted by Crippen LogP contribution is 2.33. The molecule has 0 aromatic heterocycles. The van der Waals surface area contributed by atoms with Gasteiger partial charge in [0, 0.05) is 6.61 Å². The number of fused-ring (bicyclic) bond motifs is 4.